The van der Waals surface area contributed by atoms with Crippen molar-refractivity contribution in [1.82, 2.24) is 0 Å². The summed E-state index contributed by atoms with van der Waals surface area (Å²) in [5.41, 5.74) is 0.662. The number of hydrogen-bond acceptors (Lipinski definition) is 4. The summed E-state index contributed by atoms with van der Waals surface area (Å²) in [5.74, 6) is 0.342. The summed E-state index contributed by atoms with van der Waals surface area (Å²) in [6.07, 6.45) is 1.54. The van der Waals surface area contributed by atoms with Crippen molar-refractivity contribution in [2.45, 2.75) is 13.3 Å². The highest BCUT2D eigenvalue weighted by Crippen LogP contribution is 2.27. The van der Waals surface area contributed by atoms with Crippen molar-refractivity contribution in [1.29, 1.82) is 0 Å². The molecular weight excluding hydrogens is 428 g/mol. The lowest BCUT2D eigenvalue weighted by molar-refractivity contribution is 0.0733. The third-order valence-corrected chi connectivity index (χ3v) is 4.04. The van der Waals surface area contributed by atoms with Gasteiger partial charge in [-0.15, -0.1) is 0 Å². The van der Waals surface area contributed by atoms with Crippen LogP contribution in [-0.2, 0) is 0 Å². The minimum absolute atomic E-state index is 0.218. The second-order valence-corrected chi connectivity index (χ2v) is 6.45. The van der Waals surface area contributed by atoms with Gasteiger partial charge >= 0.3 is 5.97 Å². The molecule has 0 fully saturated rings. The number of aldehydes is 1. The average Bonchev–Trinajstić information content (AvgIpc) is 2.55. The third kappa shape index (κ3) is 4.65. The molecule has 0 radical (unpaired) electrons. The van der Waals surface area contributed by atoms with E-state index in [0.29, 0.717) is 34.2 Å². The lowest BCUT2D eigenvalue weighted by atomic mass is 10.2. The third-order valence-electron chi connectivity index (χ3n) is 2.93. The molecule has 2 aromatic rings. The molecule has 6 heteroatoms. The molecule has 2 aromatic carbocycles. The van der Waals surface area contributed by atoms with E-state index in [1.807, 2.05) is 6.92 Å². The van der Waals surface area contributed by atoms with E-state index in [2.05, 4.69) is 31.9 Å². The Kier molecular flexibility index (Phi) is 6.36. The summed E-state index contributed by atoms with van der Waals surface area (Å²) in [6, 6.07) is 9.82. The molecule has 0 saturated heterocycles. The number of ether oxygens (including phenoxy) is 2. The van der Waals surface area contributed by atoms with E-state index in [9.17, 15) is 9.59 Å². The van der Waals surface area contributed by atoms with Crippen LogP contribution in [-0.4, -0.2) is 18.9 Å². The molecule has 0 spiro atoms. The molecule has 0 saturated carbocycles. The second kappa shape index (κ2) is 8.26. The van der Waals surface area contributed by atoms with Crippen LogP contribution in [0.2, 0.25) is 0 Å². The smallest absolute Gasteiger partial charge is 0.343 e. The average molecular weight is 442 g/mol. The first-order valence-corrected chi connectivity index (χ1v) is 8.53. The summed E-state index contributed by atoms with van der Waals surface area (Å²) >= 11 is 6.64. The number of carbonyl (C=O) groups is 2. The number of benzene rings is 2. The second-order valence-electron chi connectivity index (χ2n) is 4.68. The molecule has 0 unspecified atom stereocenters. The van der Waals surface area contributed by atoms with Crippen molar-refractivity contribution in [2.24, 2.45) is 0 Å². The number of carbonyl (C=O) groups excluding carboxylic acids is 2. The Morgan fingerprint density at radius 1 is 1.13 bits per heavy atom. The Morgan fingerprint density at radius 2 is 1.87 bits per heavy atom. The lowest BCUT2D eigenvalue weighted by Gasteiger charge is -2.10. The van der Waals surface area contributed by atoms with Gasteiger partial charge in [-0.25, -0.2) is 4.79 Å². The van der Waals surface area contributed by atoms with Gasteiger partial charge in [0.25, 0.3) is 0 Å². The Bertz CT molecular complexity index is 729. The van der Waals surface area contributed by atoms with Crippen molar-refractivity contribution < 1.29 is 19.1 Å². The monoisotopic (exact) mass is 440 g/mol. The Balaban J connectivity index is 2.18. The van der Waals surface area contributed by atoms with Gasteiger partial charge in [-0.2, -0.15) is 0 Å². The zero-order valence-electron chi connectivity index (χ0n) is 12.3. The van der Waals surface area contributed by atoms with Crippen LogP contribution in [0.1, 0.15) is 34.1 Å². The van der Waals surface area contributed by atoms with E-state index < -0.39 is 5.97 Å². The van der Waals surface area contributed by atoms with Gasteiger partial charge in [0.1, 0.15) is 11.5 Å². The van der Waals surface area contributed by atoms with E-state index in [0.717, 1.165) is 10.9 Å². The summed E-state index contributed by atoms with van der Waals surface area (Å²) in [6.45, 7) is 2.62. The van der Waals surface area contributed by atoms with E-state index in [-0.39, 0.29) is 5.75 Å². The molecule has 120 valence electrons. The predicted octanol–water partition coefficient (Wildman–Crippen LogP) is 5.03. The maximum atomic E-state index is 12.2. The van der Waals surface area contributed by atoms with Crippen molar-refractivity contribution in [2.75, 3.05) is 6.61 Å². The summed E-state index contributed by atoms with van der Waals surface area (Å²) in [4.78, 5) is 23.3. The van der Waals surface area contributed by atoms with Crippen LogP contribution in [0.4, 0.5) is 0 Å². The first-order valence-electron chi connectivity index (χ1n) is 6.94. The summed E-state index contributed by atoms with van der Waals surface area (Å²) in [5, 5.41) is 0. The molecule has 0 N–H and O–H groups in total. The Morgan fingerprint density at radius 3 is 2.52 bits per heavy atom. The van der Waals surface area contributed by atoms with Crippen molar-refractivity contribution in [3.63, 3.8) is 0 Å². The van der Waals surface area contributed by atoms with Gasteiger partial charge in [-0.05, 0) is 58.7 Å². The van der Waals surface area contributed by atoms with E-state index in [1.165, 1.54) is 0 Å². The molecule has 0 aliphatic carbocycles. The lowest BCUT2D eigenvalue weighted by Crippen LogP contribution is -2.10. The minimum atomic E-state index is -0.543. The van der Waals surface area contributed by atoms with E-state index in [4.69, 9.17) is 9.47 Å². The van der Waals surface area contributed by atoms with Gasteiger partial charge in [0.05, 0.1) is 22.2 Å². The van der Waals surface area contributed by atoms with Crippen molar-refractivity contribution >= 4 is 44.1 Å². The highest BCUT2D eigenvalue weighted by molar-refractivity contribution is 9.10. The number of halogens is 2. The fourth-order valence-electron chi connectivity index (χ4n) is 1.82. The van der Waals surface area contributed by atoms with E-state index in [1.54, 1.807) is 36.4 Å². The van der Waals surface area contributed by atoms with Gasteiger partial charge in [0.2, 0.25) is 0 Å². The molecular formula is C17H14Br2O4. The zero-order valence-corrected chi connectivity index (χ0v) is 15.5. The number of rotatable bonds is 6. The molecule has 23 heavy (non-hydrogen) atoms. The Labute approximate surface area is 151 Å². The first-order chi connectivity index (χ1) is 11.0. The standard InChI is InChI=1S/C17H14Br2O4/c1-2-7-22-16-5-3-11(9-14(16)19)17(21)23-15-6-4-13(18)8-12(15)10-20/h3-6,8-10H,2,7H2,1H3. The van der Waals surface area contributed by atoms with Crippen LogP contribution >= 0.6 is 31.9 Å². The molecule has 0 heterocycles. The van der Waals surface area contributed by atoms with Crippen LogP contribution in [0.25, 0.3) is 0 Å². The van der Waals surface area contributed by atoms with Crippen LogP contribution in [0.5, 0.6) is 11.5 Å². The Hall–Kier alpha value is -1.66. The topological polar surface area (TPSA) is 52.6 Å². The fraction of sp³-hybridized carbons (Fsp3) is 0.176. The maximum Gasteiger partial charge on any atom is 0.343 e. The highest BCUT2D eigenvalue weighted by Gasteiger charge is 2.14. The van der Waals surface area contributed by atoms with Crippen molar-refractivity contribution in [3.05, 3.63) is 56.5 Å². The zero-order chi connectivity index (χ0) is 16.8. The van der Waals surface area contributed by atoms with Gasteiger partial charge in [0.15, 0.2) is 6.29 Å². The van der Waals surface area contributed by atoms with Crippen molar-refractivity contribution in [3.8, 4) is 11.5 Å². The minimum Gasteiger partial charge on any atom is -0.492 e. The first kappa shape index (κ1) is 17.7. The van der Waals surface area contributed by atoms with Gasteiger partial charge in [0, 0.05) is 4.47 Å². The normalized spacial score (nSPS) is 10.2. The maximum absolute atomic E-state index is 12.2. The molecule has 0 amide bonds. The molecule has 0 aliphatic heterocycles. The van der Waals surface area contributed by atoms with E-state index >= 15 is 0 Å². The largest absolute Gasteiger partial charge is 0.492 e. The van der Waals surface area contributed by atoms with Gasteiger partial charge in [-0.1, -0.05) is 22.9 Å². The number of esters is 1. The molecule has 0 bridgehead atoms. The summed E-state index contributed by atoms with van der Waals surface area (Å²) in [7, 11) is 0. The highest BCUT2D eigenvalue weighted by atomic mass is 79.9. The predicted molar refractivity (Wildman–Crippen MR) is 94.4 cm³/mol. The fourth-order valence-corrected chi connectivity index (χ4v) is 2.69. The SMILES string of the molecule is CCCOc1ccc(C(=O)Oc2ccc(Br)cc2C=O)cc1Br. The summed E-state index contributed by atoms with van der Waals surface area (Å²) < 4.78 is 12.2. The molecule has 0 aliphatic rings. The molecule has 0 atom stereocenters. The van der Waals surface area contributed by atoms with Crippen LogP contribution in [0, 0.1) is 0 Å². The van der Waals surface area contributed by atoms with Gasteiger partial charge in [-0.3, -0.25) is 4.79 Å². The molecule has 4 nitrogen and oxygen atoms in total. The van der Waals surface area contributed by atoms with Crippen LogP contribution < -0.4 is 9.47 Å². The molecule has 0 aromatic heterocycles. The van der Waals surface area contributed by atoms with Crippen LogP contribution in [0.3, 0.4) is 0 Å². The van der Waals surface area contributed by atoms with Gasteiger partial charge < -0.3 is 9.47 Å². The quantitative estimate of drug-likeness (QED) is 0.358. The van der Waals surface area contributed by atoms with Crippen LogP contribution in [0.15, 0.2) is 45.3 Å². The molecule has 2 rings (SSSR count). The number of hydrogen-bond donors (Lipinski definition) is 0.